The van der Waals surface area contributed by atoms with E-state index in [1.165, 1.54) is 0 Å². The maximum atomic E-state index is 12.1. The average Bonchev–Trinajstić information content (AvgIpc) is 2.44. The Morgan fingerprint density at radius 3 is 2.75 bits per heavy atom. The Balaban J connectivity index is 2.57. The molecule has 0 radical (unpaired) electrons. The number of hydrogen-bond donors (Lipinski definition) is 1. The fraction of sp³-hybridized carbons (Fsp3) is 0.562. The normalized spacial score (nSPS) is 12.0. The number of ether oxygens (including phenoxy) is 2. The van der Waals surface area contributed by atoms with Crippen LogP contribution in [-0.4, -0.2) is 32.3 Å². The summed E-state index contributed by atoms with van der Waals surface area (Å²) in [6.07, 6.45) is 1.00. The Morgan fingerprint density at radius 2 is 2.10 bits per heavy atom. The van der Waals surface area contributed by atoms with Gasteiger partial charge in [0.25, 0.3) is 5.91 Å². The standard InChI is InChI=1S/C16H25NO3/c1-5-14(16(18)17-9-6-10-19-4)20-15-11-12(2)7-8-13(15)3/h7-8,11,14H,5-6,9-10H2,1-4H3,(H,17,18)/t14-/m1/s1. The molecule has 1 rings (SSSR count). The Morgan fingerprint density at radius 1 is 1.35 bits per heavy atom. The van der Waals surface area contributed by atoms with Gasteiger partial charge in [-0.25, -0.2) is 0 Å². The summed E-state index contributed by atoms with van der Waals surface area (Å²) in [5, 5.41) is 2.88. The van der Waals surface area contributed by atoms with Crippen LogP contribution >= 0.6 is 0 Å². The molecule has 0 saturated carbocycles. The van der Waals surface area contributed by atoms with E-state index in [0.717, 1.165) is 23.3 Å². The minimum Gasteiger partial charge on any atom is -0.480 e. The lowest BCUT2D eigenvalue weighted by Gasteiger charge is -2.19. The van der Waals surface area contributed by atoms with Crippen LogP contribution in [-0.2, 0) is 9.53 Å². The molecule has 0 unspecified atom stereocenters. The molecule has 4 nitrogen and oxygen atoms in total. The predicted molar refractivity (Wildman–Crippen MR) is 80.1 cm³/mol. The Bertz CT molecular complexity index is 432. The summed E-state index contributed by atoms with van der Waals surface area (Å²) in [7, 11) is 1.65. The van der Waals surface area contributed by atoms with Crippen LogP contribution in [0.2, 0.25) is 0 Å². The van der Waals surface area contributed by atoms with E-state index in [9.17, 15) is 4.79 Å². The van der Waals surface area contributed by atoms with Crippen LogP contribution in [0, 0.1) is 13.8 Å². The maximum absolute atomic E-state index is 12.1. The molecule has 0 aromatic heterocycles. The molecule has 0 aliphatic rings. The van der Waals surface area contributed by atoms with Gasteiger partial charge in [-0.3, -0.25) is 4.79 Å². The van der Waals surface area contributed by atoms with Gasteiger partial charge in [-0.2, -0.15) is 0 Å². The molecule has 1 aromatic rings. The molecule has 4 heteroatoms. The van der Waals surface area contributed by atoms with E-state index in [2.05, 4.69) is 5.32 Å². The largest absolute Gasteiger partial charge is 0.480 e. The Kier molecular flexibility index (Phi) is 7.09. The molecule has 1 atom stereocenters. The molecule has 0 bridgehead atoms. The number of nitrogens with one attached hydrogen (secondary N) is 1. The van der Waals surface area contributed by atoms with Crippen molar-refractivity contribution in [2.24, 2.45) is 0 Å². The summed E-state index contributed by atoms with van der Waals surface area (Å²) in [5.41, 5.74) is 2.17. The van der Waals surface area contributed by atoms with Crippen LogP contribution in [0.4, 0.5) is 0 Å². The van der Waals surface area contributed by atoms with E-state index in [0.29, 0.717) is 19.6 Å². The van der Waals surface area contributed by atoms with Gasteiger partial charge in [0.1, 0.15) is 5.75 Å². The van der Waals surface area contributed by atoms with Crippen molar-refractivity contribution in [1.29, 1.82) is 0 Å². The van der Waals surface area contributed by atoms with Crippen LogP contribution in [0.1, 0.15) is 30.9 Å². The van der Waals surface area contributed by atoms with Gasteiger partial charge in [-0.1, -0.05) is 19.1 Å². The summed E-state index contributed by atoms with van der Waals surface area (Å²) in [6, 6.07) is 6.01. The van der Waals surface area contributed by atoms with E-state index in [1.54, 1.807) is 7.11 Å². The predicted octanol–water partition coefficient (Wildman–Crippen LogP) is 2.61. The van der Waals surface area contributed by atoms with Crippen LogP contribution < -0.4 is 10.1 Å². The highest BCUT2D eigenvalue weighted by Crippen LogP contribution is 2.21. The van der Waals surface area contributed by atoms with E-state index in [4.69, 9.17) is 9.47 Å². The molecule has 1 amide bonds. The monoisotopic (exact) mass is 279 g/mol. The van der Waals surface area contributed by atoms with Crippen LogP contribution in [0.5, 0.6) is 5.75 Å². The second-order valence-electron chi connectivity index (χ2n) is 4.92. The molecule has 0 spiro atoms. The number of hydrogen-bond acceptors (Lipinski definition) is 3. The number of carbonyl (C=O) groups excluding carboxylic acids is 1. The third-order valence-electron chi connectivity index (χ3n) is 3.10. The summed E-state index contributed by atoms with van der Waals surface area (Å²) >= 11 is 0. The molecule has 1 N–H and O–H groups in total. The minimum absolute atomic E-state index is 0.0653. The first kappa shape index (κ1) is 16.5. The van der Waals surface area contributed by atoms with Crippen molar-refractivity contribution < 1.29 is 14.3 Å². The molecule has 0 aliphatic carbocycles. The first-order valence-corrected chi connectivity index (χ1v) is 7.09. The fourth-order valence-electron chi connectivity index (χ4n) is 1.85. The van der Waals surface area contributed by atoms with Gasteiger partial charge >= 0.3 is 0 Å². The molecule has 112 valence electrons. The lowest BCUT2D eigenvalue weighted by atomic mass is 10.1. The van der Waals surface area contributed by atoms with E-state index in [1.807, 2.05) is 39.0 Å². The lowest BCUT2D eigenvalue weighted by Crippen LogP contribution is -2.38. The van der Waals surface area contributed by atoms with Crippen molar-refractivity contribution in [1.82, 2.24) is 5.32 Å². The molecule has 0 saturated heterocycles. The Labute approximate surface area is 121 Å². The number of benzene rings is 1. The van der Waals surface area contributed by atoms with Crippen molar-refractivity contribution in [3.8, 4) is 5.75 Å². The van der Waals surface area contributed by atoms with Crippen molar-refractivity contribution in [3.63, 3.8) is 0 Å². The first-order chi connectivity index (χ1) is 9.58. The summed E-state index contributed by atoms with van der Waals surface area (Å²) in [5.74, 6) is 0.716. The number of methoxy groups -OCH3 is 1. The third kappa shape index (κ3) is 5.21. The van der Waals surface area contributed by atoms with Gasteiger partial charge in [0.15, 0.2) is 6.10 Å². The zero-order valence-electron chi connectivity index (χ0n) is 12.9. The highest BCUT2D eigenvalue weighted by atomic mass is 16.5. The van der Waals surface area contributed by atoms with E-state index >= 15 is 0 Å². The number of amides is 1. The number of rotatable bonds is 8. The SMILES string of the molecule is CC[C@@H](Oc1cc(C)ccc1C)C(=O)NCCCOC. The van der Waals surface area contributed by atoms with Crippen LogP contribution in [0.15, 0.2) is 18.2 Å². The van der Waals surface area contributed by atoms with E-state index < -0.39 is 6.10 Å². The molecule has 0 heterocycles. The maximum Gasteiger partial charge on any atom is 0.261 e. The molecule has 0 aliphatic heterocycles. The second-order valence-corrected chi connectivity index (χ2v) is 4.92. The van der Waals surface area contributed by atoms with E-state index in [-0.39, 0.29) is 5.91 Å². The van der Waals surface area contributed by atoms with Crippen molar-refractivity contribution in [2.75, 3.05) is 20.3 Å². The van der Waals surface area contributed by atoms with Gasteiger partial charge in [-0.05, 0) is 43.9 Å². The van der Waals surface area contributed by atoms with Crippen LogP contribution in [0.25, 0.3) is 0 Å². The topological polar surface area (TPSA) is 47.6 Å². The van der Waals surface area contributed by atoms with Crippen molar-refractivity contribution >= 4 is 5.91 Å². The molecular formula is C16H25NO3. The molecular weight excluding hydrogens is 254 g/mol. The quantitative estimate of drug-likeness (QED) is 0.744. The zero-order chi connectivity index (χ0) is 15.0. The lowest BCUT2D eigenvalue weighted by molar-refractivity contribution is -0.128. The molecule has 20 heavy (non-hydrogen) atoms. The third-order valence-corrected chi connectivity index (χ3v) is 3.10. The highest BCUT2D eigenvalue weighted by Gasteiger charge is 2.18. The van der Waals surface area contributed by atoms with Gasteiger partial charge in [0.05, 0.1) is 0 Å². The van der Waals surface area contributed by atoms with Gasteiger partial charge in [0.2, 0.25) is 0 Å². The van der Waals surface area contributed by atoms with Gasteiger partial charge in [0, 0.05) is 20.3 Å². The summed E-state index contributed by atoms with van der Waals surface area (Å²) in [4.78, 5) is 12.1. The molecule has 1 aromatic carbocycles. The second kappa shape index (κ2) is 8.59. The van der Waals surface area contributed by atoms with Crippen molar-refractivity contribution in [2.45, 2.75) is 39.7 Å². The molecule has 0 fully saturated rings. The van der Waals surface area contributed by atoms with Gasteiger partial charge in [-0.15, -0.1) is 0 Å². The average molecular weight is 279 g/mol. The number of carbonyl (C=O) groups is 1. The Hall–Kier alpha value is -1.55. The zero-order valence-corrected chi connectivity index (χ0v) is 12.9. The van der Waals surface area contributed by atoms with Gasteiger partial charge < -0.3 is 14.8 Å². The summed E-state index contributed by atoms with van der Waals surface area (Å²) in [6.45, 7) is 7.20. The number of aryl methyl sites for hydroxylation is 2. The smallest absolute Gasteiger partial charge is 0.261 e. The van der Waals surface area contributed by atoms with Crippen LogP contribution in [0.3, 0.4) is 0 Å². The van der Waals surface area contributed by atoms with Crippen molar-refractivity contribution in [3.05, 3.63) is 29.3 Å². The fourth-order valence-corrected chi connectivity index (χ4v) is 1.85. The summed E-state index contributed by atoms with van der Waals surface area (Å²) < 4.78 is 10.8. The minimum atomic E-state index is -0.446. The first-order valence-electron chi connectivity index (χ1n) is 7.09. The highest BCUT2D eigenvalue weighted by molar-refractivity contribution is 5.81.